The smallest absolute Gasteiger partial charge is 0.410 e. The number of carbonyl (C=O) groups excluding carboxylic acids is 2. The monoisotopic (exact) mass is 326 g/mol. The number of piperazine rings is 1. The molecule has 2 aliphatic heterocycles. The van der Waals surface area contributed by atoms with Crippen molar-refractivity contribution in [3.8, 4) is 0 Å². The summed E-state index contributed by atoms with van der Waals surface area (Å²) in [5.74, 6) is 0. The molecule has 1 unspecified atom stereocenters. The van der Waals surface area contributed by atoms with Crippen molar-refractivity contribution >= 4 is 12.1 Å². The molecule has 2 fully saturated rings. The SMILES string of the molecule is CC(C)(C)OC(=O)N1CCN(C(=O)N2CCCCC2)C(CN)C1. The van der Waals surface area contributed by atoms with Crippen LogP contribution < -0.4 is 5.73 Å². The fourth-order valence-corrected chi connectivity index (χ4v) is 3.07. The van der Waals surface area contributed by atoms with Crippen LogP contribution in [0.1, 0.15) is 40.0 Å². The third kappa shape index (κ3) is 4.73. The van der Waals surface area contributed by atoms with Crippen LogP contribution in [0.3, 0.4) is 0 Å². The Labute approximate surface area is 138 Å². The first-order chi connectivity index (χ1) is 10.8. The van der Waals surface area contributed by atoms with Gasteiger partial charge in [-0.15, -0.1) is 0 Å². The van der Waals surface area contributed by atoms with Gasteiger partial charge >= 0.3 is 12.1 Å². The van der Waals surface area contributed by atoms with E-state index in [-0.39, 0.29) is 18.2 Å². The van der Waals surface area contributed by atoms with Gasteiger partial charge in [0.25, 0.3) is 0 Å². The summed E-state index contributed by atoms with van der Waals surface area (Å²) in [6.45, 7) is 8.97. The van der Waals surface area contributed by atoms with Crippen molar-refractivity contribution in [3.05, 3.63) is 0 Å². The van der Waals surface area contributed by atoms with Gasteiger partial charge < -0.3 is 25.2 Å². The minimum absolute atomic E-state index is 0.0592. The fourth-order valence-electron chi connectivity index (χ4n) is 3.07. The second kappa shape index (κ2) is 7.38. The minimum atomic E-state index is -0.518. The number of nitrogens with zero attached hydrogens (tertiary/aromatic N) is 3. The van der Waals surface area contributed by atoms with Crippen LogP contribution in [0.5, 0.6) is 0 Å². The molecule has 0 spiro atoms. The number of hydrogen-bond acceptors (Lipinski definition) is 4. The topological polar surface area (TPSA) is 79.1 Å². The molecule has 23 heavy (non-hydrogen) atoms. The Morgan fingerprint density at radius 1 is 1.04 bits per heavy atom. The lowest BCUT2D eigenvalue weighted by atomic mass is 10.1. The summed E-state index contributed by atoms with van der Waals surface area (Å²) >= 11 is 0. The summed E-state index contributed by atoms with van der Waals surface area (Å²) in [6.07, 6.45) is 2.99. The van der Waals surface area contributed by atoms with Crippen LogP contribution in [-0.4, -0.2) is 77.7 Å². The van der Waals surface area contributed by atoms with Gasteiger partial charge in [-0.25, -0.2) is 9.59 Å². The summed E-state index contributed by atoms with van der Waals surface area (Å²) in [6, 6.07) is -0.0883. The molecule has 132 valence electrons. The number of piperidine rings is 1. The van der Waals surface area contributed by atoms with E-state index in [1.807, 2.05) is 30.6 Å². The molecule has 0 aliphatic carbocycles. The lowest BCUT2D eigenvalue weighted by Crippen LogP contribution is -2.62. The molecule has 0 radical (unpaired) electrons. The second-order valence-corrected chi connectivity index (χ2v) is 7.34. The molecule has 2 aliphatic rings. The number of nitrogens with two attached hydrogens (primary N) is 1. The molecular formula is C16H30N4O3. The highest BCUT2D eigenvalue weighted by molar-refractivity contribution is 5.76. The zero-order chi connectivity index (χ0) is 17.0. The number of hydrogen-bond donors (Lipinski definition) is 1. The van der Waals surface area contributed by atoms with E-state index < -0.39 is 5.60 Å². The average molecular weight is 326 g/mol. The Hall–Kier alpha value is -1.50. The van der Waals surface area contributed by atoms with Crippen molar-refractivity contribution in [2.45, 2.75) is 51.7 Å². The molecule has 3 amide bonds. The molecule has 0 bridgehead atoms. The maximum atomic E-state index is 12.7. The van der Waals surface area contributed by atoms with Crippen LogP contribution in [0.25, 0.3) is 0 Å². The number of carbonyl (C=O) groups is 2. The Morgan fingerprint density at radius 2 is 1.70 bits per heavy atom. The molecular weight excluding hydrogens is 296 g/mol. The average Bonchev–Trinajstić information content (AvgIpc) is 2.52. The molecule has 0 aromatic rings. The van der Waals surface area contributed by atoms with E-state index in [2.05, 4.69) is 0 Å². The van der Waals surface area contributed by atoms with Gasteiger partial charge in [0.15, 0.2) is 0 Å². The van der Waals surface area contributed by atoms with E-state index in [4.69, 9.17) is 10.5 Å². The number of likely N-dealkylation sites (tertiary alicyclic amines) is 1. The minimum Gasteiger partial charge on any atom is -0.444 e. The van der Waals surface area contributed by atoms with E-state index in [0.29, 0.717) is 26.2 Å². The van der Waals surface area contributed by atoms with Crippen molar-refractivity contribution in [1.82, 2.24) is 14.7 Å². The highest BCUT2D eigenvalue weighted by atomic mass is 16.6. The Bertz CT molecular complexity index is 430. The zero-order valence-electron chi connectivity index (χ0n) is 14.6. The van der Waals surface area contributed by atoms with Gasteiger partial charge in [0.2, 0.25) is 0 Å². The molecule has 0 aromatic carbocycles. The predicted octanol–water partition coefficient (Wildman–Crippen LogP) is 1.47. The van der Waals surface area contributed by atoms with Crippen LogP contribution in [0.2, 0.25) is 0 Å². The molecule has 0 saturated carbocycles. The molecule has 2 N–H and O–H groups in total. The predicted molar refractivity (Wildman–Crippen MR) is 88.2 cm³/mol. The van der Waals surface area contributed by atoms with E-state index in [0.717, 1.165) is 25.9 Å². The van der Waals surface area contributed by atoms with Crippen molar-refractivity contribution in [3.63, 3.8) is 0 Å². The van der Waals surface area contributed by atoms with Gasteiger partial charge in [-0.3, -0.25) is 0 Å². The zero-order valence-corrected chi connectivity index (χ0v) is 14.6. The largest absolute Gasteiger partial charge is 0.444 e. The molecule has 2 saturated heterocycles. The van der Waals surface area contributed by atoms with Crippen molar-refractivity contribution < 1.29 is 14.3 Å². The van der Waals surface area contributed by atoms with Crippen molar-refractivity contribution in [1.29, 1.82) is 0 Å². The highest BCUT2D eigenvalue weighted by Gasteiger charge is 2.35. The standard InChI is InChI=1S/C16H30N4O3/c1-16(2,3)23-15(22)19-9-10-20(13(11-17)12-19)14(21)18-7-5-4-6-8-18/h13H,4-12,17H2,1-3H3. The summed E-state index contributed by atoms with van der Waals surface area (Å²) in [4.78, 5) is 30.3. The Morgan fingerprint density at radius 3 is 2.26 bits per heavy atom. The van der Waals surface area contributed by atoms with Gasteiger partial charge in [0, 0.05) is 39.3 Å². The lowest BCUT2D eigenvalue weighted by Gasteiger charge is -2.43. The Kier molecular flexibility index (Phi) is 5.73. The van der Waals surface area contributed by atoms with Crippen LogP contribution in [0.15, 0.2) is 0 Å². The van der Waals surface area contributed by atoms with E-state index in [9.17, 15) is 9.59 Å². The van der Waals surface area contributed by atoms with E-state index in [1.165, 1.54) is 6.42 Å². The van der Waals surface area contributed by atoms with Crippen LogP contribution in [-0.2, 0) is 4.74 Å². The van der Waals surface area contributed by atoms with Gasteiger partial charge in [-0.2, -0.15) is 0 Å². The molecule has 7 nitrogen and oxygen atoms in total. The molecule has 7 heteroatoms. The van der Waals surface area contributed by atoms with Crippen molar-refractivity contribution in [2.75, 3.05) is 39.3 Å². The quantitative estimate of drug-likeness (QED) is 0.791. The first-order valence-electron chi connectivity index (χ1n) is 8.55. The Balaban J connectivity index is 1.95. The van der Waals surface area contributed by atoms with Gasteiger partial charge in [0.05, 0.1) is 6.04 Å². The normalized spacial score (nSPS) is 23.0. The van der Waals surface area contributed by atoms with Crippen LogP contribution in [0.4, 0.5) is 9.59 Å². The van der Waals surface area contributed by atoms with Crippen LogP contribution in [0, 0.1) is 0 Å². The van der Waals surface area contributed by atoms with E-state index in [1.54, 1.807) is 4.90 Å². The second-order valence-electron chi connectivity index (χ2n) is 7.34. The summed E-state index contributed by atoms with van der Waals surface area (Å²) in [7, 11) is 0. The first-order valence-corrected chi connectivity index (χ1v) is 8.55. The third-order valence-electron chi connectivity index (χ3n) is 4.28. The van der Waals surface area contributed by atoms with Gasteiger partial charge in [-0.05, 0) is 40.0 Å². The van der Waals surface area contributed by atoms with E-state index >= 15 is 0 Å². The molecule has 2 heterocycles. The summed E-state index contributed by atoms with van der Waals surface area (Å²) < 4.78 is 5.41. The maximum Gasteiger partial charge on any atom is 0.410 e. The number of rotatable bonds is 1. The third-order valence-corrected chi connectivity index (χ3v) is 4.28. The fraction of sp³-hybridized carbons (Fsp3) is 0.875. The molecule has 2 rings (SSSR count). The summed E-state index contributed by atoms with van der Waals surface area (Å²) in [5.41, 5.74) is 5.34. The summed E-state index contributed by atoms with van der Waals surface area (Å²) in [5, 5.41) is 0. The maximum absolute atomic E-state index is 12.7. The van der Waals surface area contributed by atoms with Gasteiger partial charge in [0.1, 0.15) is 5.60 Å². The number of amides is 3. The molecule has 0 aromatic heterocycles. The lowest BCUT2D eigenvalue weighted by molar-refractivity contribution is 0.00724. The van der Waals surface area contributed by atoms with Gasteiger partial charge in [-0.1, -0.05) is 0 Å². The number of urea groups is 1. The molecule has 1 atom stereocenters. The van der Waals surface area contributed by atoms with Crippen molar-refractivity contribution in [2.24, 2.45) is 5.73 Å². The van der Waals surface area contributed by atoms with Crippen LogP contribution >= 0.6 is 0 Å². The number of ether oxygens (including phenoxy) is 1. The highest BCUT2D eigenvalue weighted by Crippen LogP contribution is 2.18. The first kappa shape index (κ1) is 17.8.